The molecule has 6 heteroatoms. The van der Waals surface area contributed by atoms with Gasteiger partial charge in [0.05, 0.1) is 12.7 Å². The molecule has 0 saturated carbocycles. The van der Waals surface area contributed by atoms with Crippen LogP contribution in [0.15, 0.2) is 73.1 Å². The predicted octanol–water partition coefficient (Wildman–Crippen LogP) is 3.82. The molecular formula is C20H17FN2O3. The Morgan fingerprint density at radius 2 is 1.81 bits per heavy atom. The van der Waals surface area contributed by atoms with Gasteiger partial charge in [-0.25, -0.2) is 4.39 Å². The summed E-state index contributed by atoms with van der Waals surface area (Å²) >= 11 is 0. The molecule has 3 aromatic rings. The molecule has 0 unspecified atom stereocenters. The van der Waals surface area contributed by atoms with Crippen molar-refractivity contribution in [3.63, 3.8) is 0 Å². The number of rotatable bonds is 7. The molecule has 1 heterocycles. The normalized spacial score (nSPS) is 10.2. The molecule has 0 saturated heterocycles. The topological polar surface area (TPSA) is 60.5 Å². The van der Waals surface area contributed by atoms with Crippen molar-refractivity contribution in [2.24, 2.45) is 0 Å². The lowest BCUT2D eigenvalue weighted by Gasteiger charge is -2.09. The molecule has 2 aromatic carbocycles. The number of nitrogens with one attached hydrogen (secondary N) is 1. The van der Waals surface area contributed by atoms with Crippen LogP contribution in [0.4, 0.5) is 4.39 Å². The van der Waals surface area contributed by atoms with Gasteiger partial charge in [0.1, 0.15) is 29.7 Å². The highest BCUT2D eigenvalue weighted by Crippen LogP contribution is 2.20. The predicted molar refractivity (Wildman–Crippen MR) is 95.0 cm³/mol. The number of ether oxygens (including phenoxy) is 2. The zero-order chi connectivity index (χ0) is 18.2. The number of pyridine rings is 1. The first-order chi connectivity index (χ1) is 12.7. The molecule has 5 nitrogen and oxygen atoms in total. The molecule has 3 rings (SSSR count). The first-order valence-electron chi connectivity index (χ1n) is 8.05. The minimum atomic E-state index is -0.361. The molecule has 1 N–H and O–H groups in total. The lowest BCUT2D eigenvalue weighted by Crippen LogP contribution is -2.28. The van der Waals surface area contributed by atoms with Crippen LogP contribution in [0.25, 0.3) is 0 Å². The molecule has 0 fully saturated rings. The van der Waals surface area contributed by atoms with Crippen molar-refractivity contribution in [1.82, 2.24) is 10.3 Å². The lowest BCUT2D eigenvalue weighted by atomic mass is 10.2. The Morgan fingerprint density at radius 1 is 1.00 bits per heavy atom. The van der Waals surface area contributed by atoms with Crippen LogP contribution in [-0.4, -0.2) is 24.0 Å². The maximum Gasteiger partial charge on any atom is 0.251 e. The summed E-state index contributed by atoms with van der Waals surface area (Å²) in [5.41, 5.74) is 0.509. The van der Waals surface area contributed by atoms with Gasteiger partial charge in [0.25, 0.3) is 5.91 Å². The van der Waals surface area contributed by atoms with Crippen molar-refractivity contribution in [2.75, 3.05) is 13.2 Å². The number of carbonyl (C=O) groups is 1. The number of hydrogen-bond donors (Lipinski definition) is 1. The smallest absolute Gasteiger partial charge is 0.251 e. The molecule has 0 atom stereocenters. The van der Waals surface area contributed by atoms with E-state index in [2.05, 4.69) is 10.3 Å². The average Bonchev–Trinajstić information content (AvgIpc) is 2.66. The van der Waals surface area contributed by atoms with Gasteiger partial charge in [0.15, 0.2) is 0 Å². The van der Waals surface area contributed by atoms with Gasteiger partial charge in [-0.05, 0) is 48.5 Å². The monoisotopic (exact) mass is 352 g/mol. The van der Waals surface area contributed by atoms with E-state index >= 15 is 0 Å². The molecular weight excluding hydrogens is 335 g/mol. The third-order valence-electron chi connectivity index (χ3n) is 3.44. The number of amides is 1. The van der Waals surface area contributed by atoms with Crippen molar-refractivity contribution in [2.45, 2.75) is 0 Å². The fourth-order valence-electron chi connectivity index (χ4n) is 2.21. The molecule has 1 amide bonds. The van der Waals surface area contributed by atoms with Crippen LogP contribution in [-0.2, 0) is 0 Å². The molecule has 1 aromatic heterocycles. The van der Waals surface area contributed by atoms with Gasteiger partial charge < -0.3 is 14.8 Å². The van der Waals surface area contributed by atoms with Gasteiger partial charge >= 0.3 is 0 Å². The van der Waals surface area contributed by atoms with E-state index < -0.39 is 0 Å². The third-order valence-corrected chi connectivity index (χ3v) is 3.44. The summed E-state index contributed by atoms with van der Waals surface area (Å²) in [4.78, 5) is 16.1. The van der Waals surface area contributed by atoms with Crippen LogP contribution >= 0.6 is 0 Å². The number of halogens is 1. The lowest BCUT2D eigenvalue weighted by molar-refractivity contribution is 0.0947. The number of aromatic nitrogens is 1. The summed E-state index contributed by atoms with van der Waals surface area (Å²) < 4.78 is 24.0. The number of hydrogen-bond acceptors (Lipinski definition) is 4. The Kier molecular flexibility index (Phi) is 5.77. The van der Waals surface area contributed by atoms with Gasteiger partial charge in [-0.1, -0.05) is 6.07 Å². The second-order valence-electron chi connectivity index (χ2n) is 5.38. The van der Waals surface area contributed by atoms with E-state index in [-0.39, 0.29) is 18.3 Å². The zero-order valence-electron chi connectivity index (χ0n) is 13.9. The van der Waals surface area contributed by atoms with E-state index in [1.54, 1.807) is 60.9 Å². The first kappa shape index (κ1) is 17.4. The SMILES string of the molecule is O=C(NCCOc1cccc(F)c1)c1ccc(Oc2cccnc2)cc1. The van der Waals surface area contributed by atoms with Crippen molar-refractivity contribution in [1.29, 1.82) is 0 Å². The zero-order valence-corrected chi connectivity index (χ0v) is 13.9. The Labute approximate surface area is 150 Å². The summed E-state index contributed by atoms with van der Waals surface area (Å²) in [6.45, 7) is 0.556. The molecule has 0 aliphatic heterocycles. The summed E-state index contributed by atoms with van der Waals surface area (Å²) in [6.07, 6.45) is 3.28. The van der Waals surface area contributed by atoms with Crippen LogP contribution in [0.2, 0.25) is 0 Å². The minimum Gasteiger partial charge on any atom is -0.492 e. The summed E-state index contributed by atoms with van der Waals surface area (Å²) in [5.74, 6) is 1.08. The van der Waals surface area contributed by atoms with Gasteiger partial charge in [0, 0.05) is 17.8 Å². The summed E-state index contributed by atoms with van der Waals surface area (Å²) in [7, 11) is 0. The van der Waals surface area contributed by atoms with E-state index in [1.807, 2.05) is 0 Å². The van der Waals surface area contributed by atoms with Crippen molar-refractivity contribution >= 4 is 5.91 Å². The number of nitrogens with zero attached hydrogens (tertiary/aromatic N) is 1. The Balaban J connectivity index is 1.46. The molecule has 0 aliphatic carbocycles. The highest BCUT2D eigenvalue weighted by atomic mass is 19.1. The highest BCUT2D eigenvalue weighted by molar-refractivity contribution is 5.94. The summed E-state index contributed by atoms with van der Waals surface area (Å²) in [5, 5.41) is 2.74. The Hall–Kier alpha value is -3.41. The van der Waals surface area contributed by atoms with E-state index in [0.29, 0.717) is 29.4 Å². The molecule has 26 heavy (non-hydrogen) atoms. The van der Waals surface area contributed by atoms with Gasteiger partial charge in [-0.15, -0.1) is 0 Å². The van der Waals surface area contributed by atoms with E-state index in [9.17, 15) is 9.18 Å². The average molecular weight is 352 g/mol. The molecule has 0 aliphatic rings. The largest absolute Gasteiger partial charge is 0.492 e. The van der Waals surface area contributed by atoms with Crippen molar-refractivity contribution in [3.05, 3.63) is 84.4 Å². The van der Waals surface area contributed by atoms with Crippen LogP contribution in [0.5, 0.6) is 17.2 Å². The van der Waals surface area contributed by atoms with E-state index in [4.69, 9.17) is 9.47 Å². The Bertz CT molecular complexity index is 854. The summed E-state index contributed by atoms with van der Waals surface area (Å²) in [6, 6.07) is 16.2. The van der Waals surface area contributed by atoms with Crippen LogP contribution in [0, 0.1) is 5.82 Å². The highest BCUT2D eigenvalue weighted by Gasteiger charge is 2.06. The molecule has 0 radical (unpaired) electrons. The van der Waals surface area contributed by atoms with E-state index in [1.165, 1.54) is 12.1 Å². The molecule has 132 valence electrons. The van der Waals surface area contributed by atoms with Gasteiger partial charge in [0.2, 0.25) is 0 Å². The van der Waals surface area contributed by atoms with Crippen molar-refractivity contribution in [3.8, 4) is 17.2 Å². The maximum atomic E-state index is 13.0. The number of carbonyl (C=O) groups excluding carboxylic acids is 1. The fraction of sp³-hybridized carbons (Fsp3) is 0.100. The van der Waals surface area contributed by atoms with Crippen LogP contribution in [0.1, 0.15) is 10.4 Å². The quantitative estimate of drug-likeness (QED) is 0.657. The van der Waals surface area contributed by atoms with Gasteiger partial charge in [-0.2, -0.15) is 0 Å². The van der Waals surface area contributed by atoms with Crippen molar-refractivity contribution < 1.29 is 18.7 Å². The second-order valence-corrected chi connectivity index (χ2v) is 5.38. The molecule has 0 spiro atoms. The van der Waals surface area contributed by atoms with Crippen LogP contribution < -0.4 is 14.8 Å². The maximum absolute atomic E-state index is 13.0. The molecule has 0 bridgehead atoms. The van der Waals surface area contributed by atoms with Crippen LogP contribution in [0.3, 0.4) is 0 Å². The number of benzene rings is 2. The second kappa shape index (κ2) is 8.62. The Morgan fingerprint density at radius 3 is 2.54 bits per heavy atom. The standard InChI is InChI=1S/C20H17FN2O3/c21-16-3-1-4-18(13-16)25-12-11-23-20(24)15-6-8-17(9-7-15)26-19-5-2-10-22-14-19/h1-10,13-14H,11-12H2,(H,23,24). The third kappa shape index (κ3) is 5.04. The minimum absolute atomic E-state index is 0.222. The fourth-order valence-corrected chi connectivity index (χ4v) is 2.21. The first-order valence-corrected chi connectivity index (χ1v) is 8.05. The van der Waals surface area contributed by atoms with Gasteiger partial charge in [-0.3, -0.25) is 9.78 Å². The van der Waals surface area contributed by atoms with E-state index in [0.717, 1.165) is 0 Å².